The molecule has 2 atom stereocenters. The Hall–Kier alpha value is -1.70. The first kappa shape index (κ1) is 23.3. The summed E-state index contributed by atoms with van der Waals surface area (Å²) in [5.74, 6) is 2.09. The Kier molecular flexibility index (Phi) is 9.69. The number of benzene rings is 2. The molecule has 0 aliphatic heterocycles. The van der Waals surface area contributed by atoms with Crippen molar-refractivity contribution >= 4 is 38.3 Å². The molecule has 0 saturated carbocycles. The summed E-state index contributed by atoms with van der Waals surface area (Å²) in [5.41, 5.74) is 0.322. The van der Waals surface area contributed by atoms with Gasteiger partial charge in [0.05, 0.1) is 21.3 Å². The molecule has 6 nitrogen and oxygen atoms in total. The van der Waals surface area contributed by atoms with Crippen molar-refractivity contribution < 1.29 is 28.5 Å². The van der Waals surface area contributed by atoms with E-state index in [1.54, 1.807) is 33.3 Å². The van der Waals surface area contributed by atoms with Crippen LogP contribution < -0.4 is 24.3 Å². The van der Waals surface area contributed by atoms with Crippen molar-refractivity contribution in [2.75, 3.05) is 28.4 Å². The van der Waals surface area contributed by atoms with Crippen molar-refractivity contribution in [2.45, 2.75) is 13.2 Å². The second kappa shape index (κ2) is 11.2. The number of hydrogen-bond donors (Lipinski definition) is 0. The Morgan fingerprint density at radius 1 is 0.889 bits per heavy atom. The maximum absolute atomic E-state index is 12.8. The zero-order chi connectivity index (χ0) is 19.1. The molecule has 8 heteroatoms. The summed E-state index contributed by atoms with van der Waals surface area (Å²) in [7, 11) is 6.07. The molecule has 2 unspecified atom stereocenters. The number of hydrogen-bond acceptors (Lipinski definition) is 6. The zero-order valence-corrected chi connectivity index (χ0v) is 16.5. The van der Waals surface area contributed by atoms with Gasteiger partial charge in [-0.1, -0.05) is 12.1 Å². The molecule has 0 fully saturated rings. The van der Waals surface area contributed by atoms with Crippen LogP contribution in [0.25, 0.3) is 0 Å². The fourth-order valence-corrected chi connectivity index (χ4v) is 3.25. The molecule has 0 radical (unpaired) electrons. The van der Waals surface area contributed by atoms with Gasteiger partial charge < -0.3 is 23.7 Å². The molecular weight excluding hydrogens is 362 g/mol. The van der Waals surface area contributed by atoms with Crippen LogP contribution in [0.4, 0.5) is 0 Å². The van der Waals surface area contributed by atoms with Crippen LogP contribution in [0.15, 0.2) is 36.4 Å². The van der Waals surface area contributed by atoms with E-state index in [2.05, 4.69) is 0 Å². The number of methoxy groups -OCH3 is 4. The average molecular weight is 386 g/mol. The van der Waals surface area contributed by atoms with E-state index < -0.39 is 0 Å². The van der Waals surface area contributed by atoms with E-state index in [1.165, 1.54) is 14.2 Å². The van der Waals surface area contributed by atoms with Crippen molar-refractivity contribution in [3.8, 4) is 23.0 Å². The van der Waals surface area contributed by atoms with Crippen LogP contribution in [-0.4, -0.2) is 59.1 Å². The minimum atomic E-state index is -0.335. The van der Waals surface area contributed by atoms with Crippen molar-refractivity contribution in [3.05, 3.63) is 42.0 Å². The van der Waals surface area contributed by atoms with Crippen LogP contribution >= 0.6 is 8.58 Å². The number of carbonyl (C=O) groups is 1. The third-order valence-corrected chi connectivity index (χ3v) is 4.79. The maximum atomic E-state index is 12.8. The number of ether oxygens (including phenoxy) is 5. The standard InChI is InChI=1S/C19H23O6P.Li.H/c1-12(21-2)25-13-6-8-15(9-7-13)26-19(20)18-16(23-4)10-14(22-3)11-17(18)24-5;;/h6-12,26H,1-5H3;;. The van der Waals surface area contributed by atoms with Crippen molar-refractivity contribution in [1.82, 2.24) is 0 Å². The van der Waals surface area contributed by atoms with E-state index in [1.807, 2.05) is 24.3 Å². The molecule has 0 spiro atoms. The quantitative estimate of drug-likeness (QED) is 0.375. The zero-order valence-electron chi connectivity index (χ0n) is 15.5. The molecule has 2 rings (SSSR count). The van der Waals surface area contributed by atoms with Gasteiger partial charge in [-0.2, -0.15) is 0 Å². The molecule has 0 heterocycles. The van der Waals surface area contributed by atoms with Gasteiger partial charge in [0, 0.05) is 19.2 Å². The van der Waals surface area contributed by atoms with E-state index in [4.69, 9.17) is 23.7 Å². The Morgan fingerprint density at radius 3 is 1.89 bits per heavy atom. The molecular formula is C19H24LiO6P. The summed E-state index contributed by atoms with van der Waals surface area (Å²) in [5, 5.41) is 0.882. The van der Waals surface area contributed by atoms with E-state index in [9.17, 15) is 4.79 Å². The monoisotopic (exact) mass is 386 g/mol. The average Bonchev–Trinajstić information content (AvgIpc) is 2.67. The van der Waals surface area contributed by atoms with Crippen LogP contribution in [0.5, 0.6) is 23.0 Å². The molecule has 0 aliphatic rings. The summed E-state index contributed by atoms with van der Waals surface area (Å²) in [6.45, 7) is 1.81. The van der Waals surface area contributed by atoms with Gasteiger partial charge in [-0.25, -0.2) is 0 Å². The van der Waals surface area contributed by atoms with E-state index >= 15 is 0 Å². The third-order valence-electron chi connectivity index (χ3n) is 3.69. The third kappa shape index (κ3) is 6.16. The number of carbonyl (C=O) groups excluding carboxylic acids is 1. The Morgan fingerprint density at radius 2 is 1.44 bits per heavy atom. The van der Waals surface area contributed by atoms with E-state index in [0.717, 1.165) is 5.30 Å². The first-order valence-electron chi connectivity index (χ1n) is 7.93. The fourth-order valence-electron chi connectivity index (χ4n) is 2.28. The summed E-state index contributed by atoms with van der Waals surface area (Å²) >= 11 is 0. The predicted molar refractivity (Wildman–Crippen MR) is 109 cm³/mol. The molecule has 2 aromatic carbocycles. The molecule has 27 heavy (non-hydrogen) atoms. The van der Waals surface area contributed by atoms with Crippen molar-refractivity contribution in [1.29, 1.82) is 0 Å². The van der Waals surface area contributed by atoms with Gasteiger partial charge in [-0.3, -0.25) is 4.79 Å². The Bertz CT molecular complexity index is 725. The summed E-state index contributed by atoms with van der Waals surface area (Å²) in [6.07, 6.45) is -0.335. The second-order valence-corrected chi connectivity index (χ2v) is 6.59. The van der Waals surface area contributed by atoms with Gasteiger partial charge in [0.25, 0.3) is 0 Å². The SMILES string of the molecule is COc1cc(OC)c(C(=O)Pc2ccc(OC(C)OC)cc2)c(OC)c1.[LiH]. The molecule has 0 aromatic heterocycles. The van der Waals surface area contributed by atoms with Gasteiger partial charge in [0.2, 0.25) is 0 Å². The van der Waals surface area contributed by atoms with Crippen LogP contribution in [-0.2, 0) is 4.74 Å². The predicted octanol–water partition coefficient (Wildman–Crippen LogP) is 2.58. The van der Waals surface area contributed by atoms with E-state index in [-0.39, 0.29) is 39.3 Å². The van der Waals surface area contributed by atoms with Crippen LogP contribution in [0, 0.1) is 0 Å². The van der Waals surface area contributed by atoms with E-state index in [0.29, 0.717) is 28.6 Å². The minimum absolute atomic E-state index is 0. The van der Waals surface area contributed by atoms with Crippen LogP contribution in [0.2, 0.25) is 0 Å². The van der Waals surface area contributed by atoms with Gasteiger partial charge in [0.15, 0.2) is 11.8 Å². The number of rotatable bonds is 9. The molecule has 0 N–H and O–H groups in total. The van der Waals surface area contributed by atoms with Crippen LogP contribution in [0.3, 0.4) is 0 Å². The molecule has 0 saturated heterocycles. The molecule has 0 amide bonds. The first-order chi connectivity index (χ1) is 12.5. The van der Waals surface area contributed by atoms with Crippen molar-refractivity contribution in [2.24, 2.45) is 0 Å². The Labute approximate surface area is 173 Å². The summed E-state index contributed by atoms with van der Waals surface area (Å²) < 4.78 is 26.5. The van der Waals surface area contributed by atoms with Crippen molar-refractivity contribution in [3.63, 3.8) is 0 Å². The molecule has 2 aromatic rings. The van der Waals surface area contributed by atoms with Crippen LogP contribution in [0.1, 0.15) is 17.3 Å². The second-order valence-electron chi connectivity index (χ2n) is 5.31. The van der Waals surface area contributed by atoms with Gasteiger partial charge in [0.1, 0.15) is 28.6 Å². The summed E-state index contributed by atoms with van der Waals surface area (Å²) in [6, 6.07) is 10.7. The van der Waals surface area contributed by atoms with Gasteiger partial charge in [-0.15, -0.1) is 0 Å². The Balaban J connectivity index is 0.00000364. The fraction of sp³-hybridized carbons (Fsp3) is 0.316. The molecule has 0 aliphatic carbocycles. The normalized spacial score (nSPS) is 11.6. The topological polar surface area (TPSA) is 63.2 Å². The van der Waals surface area contributed by atoms with Gasteiger partial charge >= 0.3 is 18.9 Å². The first-order valence-corrected chi connectivity index (χ1v) is 8.93. The summed E-state index contributed by atoms with van der Waals surface area (Å²) in [4.78, 5) is 12.8. The van der Waals surface area contributed by atoms with Gasteiger partial charge in [-0.05, 0) is 32.9 Å². The molecule has 0 bridgehead atoms. The molecule has 142 valence electrons.